The lowest BCUT2D eigenvalue weighted by Gasteiger charge is -2.33. The molecule has 0 radical (unpaired) electrons. The molecule has 138 valence electrons. The maximum Gasteiger partial charge on any atom is 0.255 e. The number of aromatic nitrogens is 2. The van der Waals surface area contributed by atoms with Crippen molar-refractivity contribution in [3.63, 3.8) is 0 Å². The maximum atomic E-state index is 14.2. The van der Waals surface area contributed by atoms with Gasteiger partial charge >= 0.3 is 0 Å². The minimum absolute atomic E-state index is 0.113. The van der Waals surface area contributed by atoms with Crippen LogP contribution >= 0.6 is 11.3 Å². The lowest BCUT2D eigenvalue weighted by molar-refractivity contribution is 0.0705. The van der Waals surface area contributed by atoms with Gasteiger partial charge in [-0.3, -0.25) is 9.78 Å². The zero-order valence-corrected chi connectivity index (χ0v) is 15.3. The average molecular weight is 383 g/mol. The van der Waals surface area contributed by atoms with Crippen LogP contribution in [0.1, 0.15) is 34.7 Å². The molecular weight excluding hydrogens is 365 g/mol. The van der Waals surface area contributed by atoms with Crippen LogP contribution in [0.3, 0.4) is 0 Å². The van der Waals surface area contributed by atoms with E-state index in [9.17, 15) is 14.3 Å². The maximum absolute atomic E-state index is 14.2. The summed E-state index contributed by atoms with van der Waals surface area (Å²) in [5.74, 6) is -1.18. The molecule has 1 aromatic carbocycles. The quantitative estimate of drug-likeness (QED) is 0.740. The van der Waals surface area contributed by atoms with Crippen molar-refractivity contribution in [1.29, 1.82) is 0 Å². The summed E-state index contributed by atoms with van der Waals surface area (Å²) in [4.78, 5) is 23.1. The second-order valence-corrected chi connectivity index (χ2v) is 7.30. The highest BCUT2D eigenvalue weighted by Crippen LogP contribution is 2.32. The molecule has 0 bridgehead atoms. The summed E-state index contributed by atoms with van der Waals surface area (Å²) in [6, 6.07) is 8.19. The molecule has 1 fully saturated rings. The smallest absolute Gasteiger partial charge is 0.255 e. The van der Waals surface area contributed by atoms with Crippen molar-refractivity contribution in [2.24, 2.45) is 0 Å². The number of hydrogen-bond donors (Lipinski definition) is 1. The Balaban J connectivity index is 1.51. The van der Waals surface area contributed by atoms with Crippen molar-refractivity contribution in [1.82, 2.24) is 14.9 Å². The number of halogens is 1. The third-order valence-corrected chi connectivity index (χ3v) is 5.45. The molecule has 2 aromatic heterocycles. The van der Waals surface area contributed by atoms with Gasteiger partial charge in [0, 0.05) is 30.6 Å². The number of phenols is 1. The van der Waals surface area contributed by atoms with E-state index in [2.05, 4.69) is 9.97 Å². The number of carbonyl (C=O) groups excluding carboxylic acids is 1. The molecule has 3 aromatic rings. The van der Waals surface area contributed by atoms with Crippen LogP contribution in [0.25, 0.3) is 11.4 Å². The molecular formula is C20H18FN3O2S. The zero-order valence-electron chi connectivity index (χ0n) is 14.5. The van der Waals surface area contributed by atoms with Gasteiger partial charge in [0.1, 0.15) is 0 Å². The highest BCUT2D eigenvalue weighted by atomic mass is 32.1. The van der Waals surface area contributed by atoms with Gasteiger partial charge in [0.25, 0.3) is 5.91 Å². The first-order chi connectivity index (χ1) is 13.1. The van der Waals surface area contributed by atoms with Crippen LogP contribution in [0.5, 0.6) is 5.75 Å². The molecule has 0 saturated carbocycles. The van der Waals surface area contributed by atoms with Crippen molar-refractivity contribution in [3.05, 3.63) is 64.4 Å². The minimum Gasteiger partial charge on any atom is -0.505 e. The Labute approximate surface area is 160 Å². The first-order valence-corrected chi connectivity index (χ1v) is 9.69. The largest absolute Gasteiger partial charge is 0.505 e. The summed E-state index contributed by atoms with van der Waals surface area (Å²) < 4.78 is 14.2. The minimum atomic E-state index is -0.592. The third kappa shape index (κ3) is 3.55. The normalized spacial score (nSPS) is 17.1. The van der Waals surface area contributed by atoms with Crippen LogP contribution in [0.2, 0.25) is 0 Å². The van der Waals surface area contributed by atoms with E-state index in [1.54, 1.807) is 40.9 Å². The molecule has 3 heterocycles. The first kappa shape index (κ1) is 17.6. The number of pyridine rings is 1. The molecule has 7 heteroatoms. The molecule has 1 unspecified atom stereocenters. The fourth-order valence-electron chi connectivity index (χ4n) is 3.46. The van der Waals surface area contributed by atoms with Crippen LogP contribution in [0.4, 0.5) is 4.39 Å². The van der Waals surface area contributed by atoms with E-state index in [1.807, 2.05) is 5.38 Å². The van der Waals surface area contributed by atoms with E-state index in [0.717, 1.165) is 24.2 Å². The SMILES string of the molecule is O=C(c1ccc(-c2cscn2)nc1)N1CCCC(c2cccc(O)c2F)C1. The molecule has 5 nitrogen and oxygen atoms in total. The standard InChI is InChI=1S/C20H18FN3O2S/c21-19-15(4-1-5-18(19)25)14-3-2-8-24(10-14)20(26)13-6-7-16(22-9-13)17-11-27-12-23-17/h1,4-7,9,11-12,14,25H,2-3,8,10H2. The highest BCUT2D eigenvalue weighted by molar-refractivity contribution is 7.07. The number of thiazole rings is 1. The average Bonchev–Trinajstić information content (AvgIpc) is 3.25. The van der Waals surface area contributed by atoms with Gasteiger partial charge in [-0.05, 0) is 36.6 Å². The van der Waals surface area contributed by atoms with Crippen LogP contribution < -0.4 is 0 Å². The van der Waals surface area contributed by atoms with Crippen molar-refractivity contribution in [2.45, 2.75) is 18.8 Å². The number of aromatic hydroxyl groups is 1. The molecule has 1 atom stereocenters. The Morgan fingerprint density at radius 1 is 1.22 bits per heavy atom. The molecule has 27 heavy (non-hydrogen) atoms. The summed E-state index contributed by atoms with van der Waals surface area (Å²) in [6.07, 6.45) is 3.14. The van der Waals surface area contributed by atoms with E-state index in [-0.39, 0.29) is 17.6 Å². The highest BCUT2D eigenvalue weighted by Gasteiger charge is 2.28. The van der Waals surface area contributed by atoms with Gasteiger partial charge in [0.15, 0.2) is 11.6 Å². The Morgan fingerprint density at radius 3 is 2.85 bits per heavy atom. The predicted molar refractivity (Wildman–Crippen MR) is 101 cm³/mol. The van der Waals surface area contributed by atoms with E-state index in [1.165, 1.54) is 17.4 Å². The van der Waals surface area contributed by atoms with Gasteiger partial charge < -0.3 is 10.0 Å². The first-order valence-electron chi connectivity index (χ1n) is 8.75. The zero-order chi connectivity index (χ0) is 18.8. The van der Waals surface area contributed by atoms with Crippen molar-refractivity contribution in [3.8, 4) is 17.1 Å². The number of hydrogen-bond acceptors (Lipinski definition) is 5. The van der Waals surface area contributed by atoms with Gasteiger partial charge in [-0.2, -0.15) is 0 Å². The van der Waals surface area contributed by atoms with Crippen LogP contribution in [-0.4, -0.2) is 39.0 Å². The number of carbonyl (C=O) groups is 1. The Kier molecular flexibility index (Phi) is 4.85. The van der Waals surface area contributed by atoms with Gasteiger partial charge in [0.05, 0.1) is 22.5 Å². The monoisotopic (exact) mass is 383 g/mol. The molecule has 1 aliphatic heterocycles. The van der Waals surface area contributed by atoms with E-state index >= 15 is 0 Å². The third-order valence-electron chi connectivity index (χ3n) is 4.86. The number of nitrogens with zero attached hydrogens (tertiary/aromatic N) is 3. The molecule has 0 spiro atoms. The van der Waals surface area contributed by atoms with Gasteiger partial charge in [0.2, 0.25) is 0 Å². The summed E-state index contributed by atoms with van der Waals surface area (Å²) >= 11 is 1.49. The Bertz CT molecular complexity index is 944. The molecule has 4 rings (SSSR count). The van der Waals surface area contributed by atoms with Crippen molar-refractivity contribution in [2.75, 3.05) is 13.1 Å². The van der Waals surface area contributed by atoms with E-state index < -0.39 is 5.82 Å². The fourth-order valence-corrected chi connectivity index (χ4v) is 4.01. The van der Waals surface area contributed by atoms with Crippen LogP contribution in [-0.2, 0) is 0 Å². The summed E-state index contributed by atoms with van der Waals surface area (Å²) in [5, 5.41) is 11.5. The van der Waals surface area contributed by atoms with Crippen molar-refractivity contribution < 1.29 is 14.3 Å². The van der Waals surface area contributed by atoms with Gasteiger partial charge in [-0.1, -0.05) is 12.1 Å². The number of amides is 1. The lowest BCUT2D eigenvalue weighted by atomic mass is 9.89. The summed E-state index contributed by atoms with van der Waals surface area (Å²) in [5.41, 5.74) is 4.22. The number of phenolic OH excluding ortho intramolecular Hbond substituents is 1. The molecule has 1 saturated heterocycles. The molecule has 1 N–H and O–H groups in total. The summed E-state index contributed by atoms with van der Waals surface area (Å²) in [6.45, 7) is 1.05. The predicted octanol–water partition coefficient (Wildman–Crippen LogP) is 4.07. The molecule has 1 amide bonds. The van der Waals surface area contributed by atoms with E-state index in [4.69, 9.17) is 0 Å². The fraction of sp³-hybridized carbons (Fsp3) is 0.250. The van der Waals surface area contributed by atoms with Gasteiger partial charge in [-0.25, -0.2) is 9.37 Å². The number of likely N-dealkylation sites (tertiary alicyclic amines) is 1. The van der Waals surface area contributed by atoms with Crippen molar-refractivity contribution >= 4 is 17.2 Å². The second-order valence-electron chi connectivity index (χ2n) is 6.58. The lowest BCUT2D eigenvalue weighted by Crippen LogP contribution is -2.39. The number of rotatable bonds is 3. The number of piperidine rings is 1. The molecule has 1 aliphatic rings. The molecule has 0 aliphatic carbocycles. The van der Waals surface area contributed by atoms with E-state index in [0.29, 0.717) is 24.2 Å². The van der Waals surface area contributed by atoms with Gasteiger partial charge in [-0.15, -0.1) is 11.3 Å². The second kappa shape index (κ2) is 7.44. The van der Waals surface area contributed by atoms with Crippen LogP contribution in [0.15, 0.2) is 47.4 Å². The summed E-state index contributed by atoms with van der Waals surface area (Å²) in [7, 11) is 0. The Hall–Kier alpha value is -2.80. The van der Waals surface area contributed by atoms with Crippen LogP contribution in [0, 0.1) is 5.82 Å². The topological polar surface area (TPSA) is 66.3 Å². The Morgan fingerprint density at radius 2 is 2.11 bits per heavy atom. The number of benzene rings is 1.